The first-order chi connectivity index (χ1) is 13.8. The molecule has 2 atom stereocenters. The van der Waals surface area contributed by atoms with Crippen molar-refractivity contribution in [2.45, 2.75) is 44.5 Å². The van der Waals surface area contributed by atoms with Gasteiger partial charge >= 0.3 is 0 Å². The number of aliphatic hydroxyl groups is 1. The minimum absolute atomic E-state index is 0.155. The van der Waals surface area contributed by atoms with E-state index >= 15 is 0 Å². The predicted octanol–water partition coefficient (Wildman–Crippen LogP) is 2.90. The molecule has 0 saturated carbocycles. The van der Waals surface area contributed by atoms with Crippen LogP contribution >= 0.6 is 11.6 Å². The van der Waals surface area contributed by atoms with E-state index in [4.69, 9.17) is 16.6 Å². The van der Waals surface area contributed by atoms with Crippen LogP contribution in [0.2, 0.25) is 5.02 Å². The topological polar surface area (TPSA) is 92.9 Å². The fourth-order valence-corrected chi connectivity index (χ4v) is 3.82. The number of rotatable bonds is 4. The fourth-order valence-electron chi connectivity index (χ4n) is 3.70. The van der Waals surface area contributed by atoms with Crippen LogP contribution in [0.15, 0.2) is 53.7 Å². The van der Waals surface area contributed by atoms with E-state index in [1.54, 1.807) is 29.0 Å². The monoisotopic (exact) mass is 411 g/mol. The highest BCUT2D eigenvalue weighted by Crippen LogP contribution is 2.38. The molecule has 3 heterocycles. The third-order valence-electron chi connectivity index (χ3n) is 5.47. The molecule has 0 bridgehead atoms. The Morgan fingerprint density at radius 1 is 1.28 bits per heavy atom. The fraction of sp³-hybridized carbons (Fsp3) is 0.333. The minimum Gasteiger partial charge on any atom is -0.388 e. The van der Waals surface area contributed by atoms with Crippen molar-refractivity contribution in [1.82, 2.24) is 24.8 Å². The average Bonchev–Trinajstić information content (AvgIpc) is 2.71. The maximum absolute atomic E-state index is 12.8. The molecular weight excluding hydrogens is 390 g/mol. The average molecular weight is 412 g/mol. The Kier molecular flexibility index (Phi) is 5.21. The molecule has 0 saturated heterocycles. The van der Waals surface area contributed by atoms with Gasteiger partial charge in [-0.25, -0.2) is 15.0 Å². The van der Waals surface area contributed by atoms with Crippen LogP contribution in [0.1, 0.15) is 43.7 Å². The van der Waals surface area contributed by atoms with Crippen molar-refractivity contribution in [2.75, 3.05) is 0 Å². The molecule has 150 valence electrons. The number of fused-ring (bicyclic) bond motifs is 1. The Labute approximate surface area is 173 Å². The van der Waals surface area contributed by atoms with Crippen LogP contribution < -0.4 is 10.9 Å². The first-order valence-corrected chi connectivity index (χ1v) is 9.79. The zero-order chi connectivity index (χ0) is 20.6. The van der Waals surface area contributed by atoms with Crippen LogP contribution in [0, 0.1) is 0 Å². The number of aliphatic hydroxyl groups excluding tert-OH is 1. The molecule has 1 aliphatic heterocycles. The molecule has 7 nitrogen and oxygen atoms in total. The van der Waals surface area contributed by atoms with Gasteiger partial charge in [0.05, 0.1) is 24.2 Å². The van der Waals surface area contributed by atoms with Crippen molar-refractivity contribution in [1.29, 1.82) is 0 Å². The van der Waals surface area contributed by atoms with E-state index in [2.05, 4.69) is 29.1 Å². The van der Waals surface area contributed by atoms with Gasteiger partial charge in [0.2, 0.25) is 0 Å². The standard InChI is InChI=1S/C21H22ClN5O2/c1-21(2)15(9-18(28)13-3-5-14(22)6-4-13)20-26-17(16-7-8-23-11-24-16)10-19(29)27(20)12-25-21/h3-8,10-11,15,18,25,28H,9,12H2,1-2H3. The minimum atomic E-state index is -0.718. The summed E-state index contributed by atoms with van der Waals surface area (Å²) in [5, 5.41) is 14.9. The quantitative estimate of drug-likeness (QED) is 0.685. The second kappa shape index (κ2) is 7.67. The van der Waals surface area contributed by atoms with E-state index in [9.17, 15) is 9.90 Å². The molecule has 3 aromatic rings. The van der Waals surface area contributed by atoms with Crippen molar-refractivity contribution in [2.24, 2.45) is 0 Å². The van der Waals surface area contributed by atoms with Gasteiger partial charge in [0.15, 0.2) is 0 Å². The molecule has 2 N–H and O–H groups in total. The van der Waals surface area contributed by atoms with Gasteiger partial charge in [-0.1, -0.05) is 23.7 Å². The Bertz CT molecular complexity index is 1070. The molecule has 8 heteroatoms. The highest BCUT2D eigenvalue weighted by molar-refractivity contribution is 6.30. The predicted molar refractivity (Wildman–Crippen MR) is 111 cm³/mol. The number of nitrogens with one attached hydrogen (secondary N) is 1. The number of halogens is 1. The van der Waals surface area contributed by atoms with E-state index in [1.165, 1.54) is 12.4 Å². The molecule has 0 fully saturated rings. The highest BCUT2D eigenvalue weighted by Gasteiger charge is 2.39. The lowest BCUT2D eigenvalue weighted by molar-refractivity contribution is 0.119. The van der Waals surface area contributed by atoms with Crippen LogP contribution in [0.4, 0.5) is 0 Å². The Morgan fingerprint density at radius 3 is 2.72 bits per heavy atom. The summed E-state index contributed by atoms with van der Waals surface area (Å²) < 4.78 is 1.62. The number of hydrogen-bond donors (Lipinski definition) is 2. The number of hydrogen-bond acceptors (Lipinski definition) is 6. The van der Waals surface area contributed by atoms with Gasteiger partial charge in [-0.3, -0.25) is 14.7 Å². The molecule has 1 aromatic carbocycles. The number of benzene rings is 1. The third kappa shape index (κ3) is 3.94. The van der Waals surface area contributed by atoms with Gasteiger partial charge in [-0.2, -0.15) is 0 Å². The van der Waals surface area contributed by atoms with Crippen LogP contribution in [-0.2, 0) is 6.67 Å². The molecule has 2 unspecified atom stereocenters. The highest BCUT2D eigenvalue weighted by atomic mass is 35.5. The van der Waals surface area contributed by atoms with Crippen LogP contribution in [0.5, 0.6) is 0 Å². The third-order valence-corrected chi connectivity index (χ3v) is 5.72. The van der Waals surface area contributed by atoms with E-state index in [0.29, 0.717) is 35.3 Å². The zero-order valence-electron chi connectivity index (χ0n) is 16.2. The molecular formula is C21H22ClN5O2. The van der Waals surface area contributed by atoms with E-state index in [0.717, 1.165) is 5.56 Å². The normalized spacial score (nSPS) is 18.8. The Hall–Kier alpha value is -2.61. The zero-order valence-corrected chi connectivity index (χ0v) is 17.0. The van der Waals surface area contributed by atoms with Crippen LogP contribution in [-0.4, -0.2) is 30.2 Å². The van der Waals surface area contributed by atoms with Crippen LogP contribution in [0.3, 0.4) is 0 Å². The molecule has 1 aliphatic rings. The van der Waals surface area contributed by atoms with Gasteiger partial charge in [-0.15, -0.1) is 0 Å². The second-order valence-electron chi connectivity index (χ2n) is 7.77. The largest absolute Gasteiger partial charge is 0.388 e. The van der Waals surface area contributed by atoms with E-state index in [-0.39, 0.29) is 17.0 Å². The molecule has 0 spiro atoms. The molecule has 29 heavy (non-hydrogen) atoms. The molecule has 2 aromatic heterocycles. The van der Waals surface area contributed by atoms with Crippen molar-refractivity contribution < 1.29 is 5.11 Å². The summed E-state index contributed by atoms with van der Waals surface area (Å²) in [6.07, 6.45) is 2.74. The van der Waals surface area contributed by atoms with E-state index < -0.39 is 6.10 Å². The van der Waals surface area contributed by atoms with E-state index in [1.807, 2.05) is 12.1 Å². The SMILES string of the molecule is CC1(C)NCn2c(nc(-c3ccncn3)cc2=O)C1CC(O)c1ccc(Cl)cc1. The van der Waals surface area contributed by atoms with Crippen molar-refractivity contribution in [3.05, 3.63) is 75.7 Å². The van der Waals surface area contributed by atoms with Crippen molar-refractivity contribution in [3.63, 3.8) is 0 Å². The van der Waals surface area contributed by atoms with Gasteiger partial charge in [0.1, 0.15) is 12.2 Å². The van der Waals surface area contributed by atoms with Gasteiger partial charge in [0.25, 0.3) is 5.56 Å². The number of aromatic nitrogens is 4. The first-order valence-electron chi connectivity index (χ1n) is 9.42. The maximum atomic E-state index is 12.8. The summed E-state index contributed by atoms with van der Waals surface area (Å²) in [5.41, 5.74) is 1.35. The van der Waals surface area contributed by atoms with Crippen molar-refractivity contribution >= 4 is 11.6 Å². The van der Waals surface area contributed by atoms with Gasteiger partial charge in [0, 0.05) is 28.7 Å². The Morgan fingerprint density at radius 2 is 2.03 bits per heavy atom. The summed E-state index contributed by atoms with van der Waals surface area (Å²) in [5.74, 6) is 0.444. The summed E-state index contributed by atoms with van der Waals surface area (Å²) in [7, 11) is 0. The summed E-state index contributed by atoms with van der Waals surface area (Å²) >= 11 is 5.96. The Balaban J connectivity index is 1.75. The second-order valence-corrected chi connectivity index (χ2v) is 8.21. The molecule has 0 aliphatic carbocycles. The summed E-state index contributed by atoms with van der Waals surface area (Å²) in [6.45, 7) is 4.48. The molecule has 0 radical (unpaired) electrons. The lowest BCUT2D eigenvalue weighted by Crippen LogP contribution is -2.53. The maximum Gasteiger partial charge on any atom is 0.255 e. The smallest absolute Gasteiger partial charge is 0.255 e. The van der Waals surface area contributed by atoms with Crippen LogP contribution in [0.25, 0.3) is 11.4 Å². The molecule has 4 rings (SSSR count). The number of nitrogens with zero attached hydrogens (tertiary/aromatic N) is 4. The lowest BCUT2D eigenvalue weighted by Gasteiger charge is -2.41. The van der Waals surface area contributed by atoms with Gasteiger partial charge < -0.3 is 5.11 Å². The van der Waals surface area contributed by atoms with Crippen molar-refractivity contribution in [3.8, 4) is 11.4 Å². The summed E-state index contributed by atoms with van der Waals surface area (Å²) in [6, 6.07) is 10.4. The molecule has 0 amide bonds. The summed E-state index contributed by atoms with van der Waals surface area (Å²) in [4.78, 5) is 25.7. The van der Waals surface area contributed by atoms with Gasteiger partial charge in [-0.05, 0) is 44.0 Å². The lowest BCUT2D eigenvalue weighted by atomic mass is 9.80. The first kappa shape index (κ1) is 19.7.